The minimum absolute atomic E-state index is 0.0212. The molecule has 0 aromatic heterocycles. The molecule has 1 saturated heterocycles. The molecule has 1 aliphatic rings. The average molecular weight is 356 g/mol. The minimum Gasteiger partial charge on any atom is -0.508 e. The standard InChI is InChI=1S/C20H20O6/c21-16-5-1-3-13(8-16)7-15-11-26-20(24)18(15)10-14-4-2-6-17(9-14)25-12-19(22)23/h1-6,8-9,15,18,21H,7,10-12H2,(H,22,23)/t15-,18+/m0/s1. The predicted molar refractivity (Wildman–Crippen MR) is 93.0 cm³/mol. The number of hydrogen-bond acceptors (Lipinski definition) is 5. The van der Waals surface area contributed by atoms with Crippen molar-refractivity contribution >= 4 is 11.9 Å². The van der Waals surface area contributed by atoms with E-state index in [4.69, 9.17) is 14.6 Å². The highest BCUT2D eigenvalue weighted by Gasteiger charge is 2.36. The fourth-order valence-electron chi connectivity index (χ4n) is 3.20. The number of phenolic OH excluding ortho intramolecular Hbond substituents is 1. The van der Waals surface area contributed by atoms with Gasteiger partial charge in [0.15, 0.2) is 6.61 Å². The lowest BCUT2D eigenvalue weighted by atomic mass is 9.85. The molecule has 2 N–H and O–H groups in total. The first-order valence-corrected chi connectivity index (χ1v) is 8.39. The maximum atomic E-state index is 12.2. The monoisotopic (exact) mass is 356 g/mol. The molecule has 0 radical (unpaired) electrons. The molecule has 6 heteroatoms. The van der Waals surface area contributed by atoms with Crippen LogP contribution in [0.15, 0.2) is 48.5 Å². The van der Waals surface area contributed by atoms with Crippen molar-refractivity contribution in [1.29, 1.82) is 0 Å². The van der Waals surface area contributed by atoms with Gasteiger partial charge in [0.2, 0.25) is 0 Å². The zero-order valence-electron chi connectivity index (χ0n) is 14.1. The Morgan fingerprint density at radius 1 is 1.12 bits per heavy atom. The van der Waals surface area contributed by atoms with Gasteiger partial charge in [-0.25, -0.2) is 4.79 Å². The highest BCUT2D eigenvalue weighted by atomic mass is 16.5. The molecule has 2 atom stereocenters. The Labute approximate surface area is 151 Å². The second-order valence-corrected chi connectivity index (χ2v) is 6.40. The molecule has 26 heavy (non-hydrogen) atoms. The number of carbonyl (C=O) groups is 2. The van der Waals surface area contributed by atoms with Gasteiger partial charge in [0.05, 0.1) is 12.5 Å². The molecule has 2 aromatic carbocycles. The fourth-order valence-corrected chi connectivity index (χ4v) is 3.20. The van der Waals surface area contributed by atoms with Gasteiger partial charge in [-0.3, -0.25) is 4.79 Å². The van der Waals surface area contributed by atoms with Crippen molar-refractivity contribution in [1.82, 2.24) is 0 Å². The molecule has 0 aliphatic carbocycles. The van der Waals surface area contributed by atoms with Gasteiger partial charge in [-0.15, -0.1) is 0 Å². The molecule has 0 saturated carbocycles. The van der Waals surface area contributed by atoms with Crippen molar-refractivity contribution in [3.63, 3.8) is 0 Å². The van der Waals surface area contributed by atoms with Gasteiger partial charge in [-0.2, -0.15) is 0 Å². The molecular formula is C20H20O6. The third kappa shape index (κ3) is 4.53. The van der Waals surface area contributed by atoms with Crippen molar-refractivity contribution in [3.8, 4) is 11.5 Å². The third-order valence-corrected chi connectivity index (χ3v) is 4.44. The van der Waals surface area contributed by atoms with E-state index in [0.717, 1.165) is 11.1 Å². The first-order chi connectivity index (χ1) is 12.5. The lowest BCUT2D eigenvalue weighted by molar-refractivity contribution is -0.141. The quantitative estimate of drug-likeness (QED) is 0.740. The summed E-state index contributed by atoms with van der Waals surface area (Å²) in [6, 6.07) is 14.1. The summed E-state index contributed by atoms with van der Waals surface area (Å²) in [4.78, 5) is 22.8. The van der Waals surface area contributed by atoms with Crippen molar-refractivity contribution in [3.05, 3.63) is 59.7 Å². The number of carbonyl (C=O) groups excluding carboxylic acids is 1. The van der Waals surface area contributed by atoms with E-state index in [-0.39, 0.29) is 23.6 Å². The number of carboxylic acids is 1. The fraction of sp³-hybridized carbons (Fsp3) is 0.300. The number of ether oxygens (including phenoxy) is 2. The van der Waals surface area contributed by atoms with Crippen LogP contribution in [-0.2, 0) is 27.2 Å². The van der Waals surface area contributed by atoms with Gasteiger partial charge >= 0.3 is 11.9 Å². The Morgan fingerprint density at radius 3 is 2.58 bits per heavy atom. The van der Waals surface area contributed by atoms with Crippen LogP contribution < -0.4 is 4.74 Å². The maximum Gasteiger partial charge on any atom is 0.341 e. The van der Waals surface area contributed by atoms with E-state index >= 15 is 0 Å². The lowest BCUT2D eigenvalue weighted by Crippen LogP contribution is -2.20. The number of aliphatic carboxylic acids is 1. The molecule has 0 bridgehead atoms. The van der Waals surface area contributed by atoms with Gasteiger partial charge < -0.3 is 19.7 Å². The van der Waals surface area contributed by atoms with Crippen LogP contribution in [0.2, 0.25) is 0 Å². The molecule has 6 nitrogen and oxygen atoms in total. The van der Waals surface area contributed by atoms with Crippen LogP contribution >= 0.6 is 0 Å². The topological polar surface area (TPSA) is 93.1 Å². The Bertz CT molecular complexity index is 800. The normalized spacial score (nSPS) is 19.2. The maximum absolute atomic E-state index is 12.2. The Balaban J connectivity index is 1.69. The number of benzene rings is 2. The van der Waals surface area contributed by atoms with Gasteiger partial charge in [-0.1, -0.05) is 24.3 Å². The molecule has 0 spiro atoms. The summed E-state index contributed by atoms with van der Waals surface area (Å²) in [5, 5.41) is 18.3. The molecule has 2 aromatic rings. The molecule has 1 heterocycles. The van der Waals surface area contributed by atoms with E-state index in [2.05, 4.69) is 0 Å². The Morgan fingerprint density at radius 2 is 1.85 bits per heavy atom. The summed E-state index contributed by atoms with van der Waals surface area (Å²) in [6.45, 7) is -0.0522. The summed E-state index contributed by atoms with van der Waals surface area (Å²) in [5.41, 5.74) is 1.84. The molecule has 1 fully saturated rings. The van der Waals surface area contributed by atoms with E-state index in [1.54, 1.807) is 36.4 Å². The third-order valence-electron chi connectivity index (χ3n) is 4.44. The largest absolute Gasteiger partial charge is 0.508 e. The molecule has 0 unspecified atom stereocenters. The number of esters is 1. The van der Waals surface area contributed by atoms with Gasteiger partial charge in [0.1, 0.15) is 11.5 Å². The second kappa shape index (κ2) is 7.91. The molecule has 3 rings (SSSR count). The smallest absolute Gasteiger partial charge is 0.341 e. The van der Waals surface area contributed by atoms with Crippen LogP contribution in [0.3, 0.4) is 0 Å². The van der Waals surface area contributed by atoms with Crippen LogP contribution in [0.25, 0.3) is 0 Å². The summed E-state index contributed by atoms with van der Waals surface area (Å²) in [5.74, 6) is -0.874. The lowest BCUT2D eigenvalue weighted by Gasteiger charge is -2.16. The van der Waals surface area contributed by atoms with E-state index in [9.17, 15) is 14.7 Å². The summed E-state index contributed by atoms with van der Waals surface area (Å²) >= 11 is 0. The summed E-state index contributed by atoms with van der Waals surface area (Å²) in [7, 11) is 0. The molecule has 1 aliphatic heterocycles. The van der Waals surface area contributed by atoms with Gasteiger partial charge in [-0.05, 0) is 48.2 Å². The molecule has 136 valence electrons. The first kappa shape index (κ1) is 17.8. The SMILES string of the molecule is O=C(O)COc1cccc(C[C@H]2C(=O)OC[C@@H]2Cc2cccc(O)c2)c1. The second-order valence-electron chi connectivity index (χ2n) is 6.40. The van der Waals surface area contributed by atoms with Gasteiger partial charge in [0, 0.05) is 5.92 Å². The van der Waals surface area contributed by atoms with Crippen LogP contribution in [0.5, 0.6) is 11.5 Å². The minimum atomic E-state index is -1.04. The van der Waals surface area contributed by atoms with Crippen LogP contribution in [0.4, 0.5) is 0 Å². The zero-order valence-corrected chi connectivity index (χ0v) is 14.1. The number of hydrogen-bond donors (Lipinski definition) is 2. The zero-order chi connectivity index (χ0) is 18.5. The molecular weight excluding hydrogens is 336 g/mol. The predicted octanol–water partition coefficient (Wildman–Crippen LogP) is 2.43. The number of cyclic esters (lactones) is 1. The highest BCUT2D eigenvalue weighted by Crippen LogP contribution is 2.30. The number of rotatable bonds is 7. The van der Waals surface area contributed by atoms with Crippen molar-refractivity contribution < 1.29 is 29.3 Å². The molecule has 0 amide bonds. The van der Waals surface area contributed by atoms with Crippen LogP contribution in [0.1, 0.15) is 11.1 Å². The van der Waals surface area contributed by atoms with E-state index in [0.29, 0.717) is 25.2 Å². The summed E-state index contributed by atoms with van der Waals surface area (Å²) in [6.07, 6.45) is 1.13. The first-order valence-electron chi connectivity index (χ1n) is 8.39. The average Bonchev–Trinajstić information content (AvgIpc) is 2.94. The number of aromatic hydroxyl groups is 1. The van der Waals surface area contributed by atoms with Crippen molar-refractivity contribution in [2.45, 2.75) is 12.8 Å². The van der Waals surface area contributed by atoms with Crippen molar-refractivity contribution in [2.24, 2.45) is 11.8 Å². The Kier molecular flexibility index (Phi) is 5.41. The highest BCUT2D eigenvalue weighted by molar-refractivity contribution is 5.75. The van der Waals surface area contributed by atoms with Gasteiger partial charge in [0.25, 0.3) is 0 Å². The van der Waals surface area contributed by atoms with E-state index < -0.39 is 12.6 Å². The summed E-state index contributed by atoms with van der Waals surface area (Å²) < 4.78 is 10.4. The number of phenols is 1. The van der Waals surface area contributed by atoms with E-state index in [1.807, 2.05) is 12.1 Å². The Hall–Kier alpha value is -3.02. The van der Waals surface area contributed by atoms with E-state index in [1.165, 1.54) is 0 Å². The van der Waals surface area contributed by atoms with Crippen LogP contribution in [0, 0.1) is 11.8 Å². The van der Waals surface area contributed by atoms with Crippen molar-refractivity contribution in [2.75, 3.05) is 13.2 Å². The van der Waals surface area contributed by atoms with Crippen LogP contribution in [-0.4, -0.2) is 35.4 Å². The number of carboxylic acid groups (broad SMARTS) is 1.